The van der Waals surface area contributed by atoms with E-state index in [0.29, 0.717) is 12.3 Å². The number of hydrogen-bond acceptors (Lipinski definition) is 2. The molecule has 0 saturated heterocycles. The summed E-state index contributed by atoms with van der Waals surface area (Å²) < 4.78 is 0. The summed E-state index contributed by atoms with van der Waals surface area (Å²) in [5.74, 6) is 0.306. The van der Waals surface area contributed by atoms with Crippen LogP contribution in [-0.2, 0) is 6.42 Å². The first kappa shape index (κ1) is 9.98. The third kappa shape index (κ3) is 3.05. The number of phenolic OH excluding ortho intramolecular Hbond substituents is 1. The monoisotopic (exact) mass is 153 g/mol. The van der Waals surface area contributed by atoms with Crippen LogP contribution in [0.15, 0.2) is 24.3 Å². The van der Waals surface area contributed by atoms with Crippen LogP contribution in [0.2, 0.25) is 0 Å². The summed E-state index contributed by atoms with van der Waals surface area (Å²) in [6, 6.07) is 7.10. The molecule has 0 bridgehead atoms. The van der Waals surface area contributed by atoms with E-state index in [0.717, 1.165) is 6.42 Å². The zero-order chi connectivity index (χ0) is 7.40. The van der Waals surface area contributed by atoms with Crippen LogP contribution in [0.1, 0.15) is 13.0 Å². The average Bonchev–Trinajstić information content (AvgIpc) is 1.95. The number of nitrogens with two attached hydrogens (primary N) is 1. The Kier molecular flexibility index (Phi) is 4.30. The normalized spacial score (nSPS) is 8.82. The van der Waals surface area contributed by atoms with Gasteiger partial charge < -0.3 is 10.8 Å². The van der Waals surface area contributed by atoms with Gasteiger partial charge >= 0.3 is 0 Å². The van der Waals surface area contributed by atoms with Gasteiger partial charge in [-0.05, 0) is 30.7 Å². The molecule has 1 aromatic rings. The topological polar surface area (TPSA) is 46.2 Å². The lowest BCUT2D eigenvalue weighted by Crippen LogP contribution is -2.01. The molecule has 0 aliphatic heterocycles. The molecular weight excluding hydrogens is 138 g/mol. The van der Waals surface area contributed by atoms with E-state index in [9.17, 15) is 0 Å². The van der Waals surface area contributed by atoms with E-state index >= 15 is 0 Å². The van der Waals surface area contributed by atoms with Crippen LogP contribution in [0.5, 0.6) is 5.75 Å². The maximum atomic E-state index is 8.89. The van der Waals surface area contributed by atoms with Crippen molar-refractivity contribution in [3.05, 3.63) is 29.8 Å². The fourth-order valence-corrected chi connectivity index (χ4v) is 0.829. The highest BCUT2D eigenvalue weighted by Crippen LogP contribution is 2.09. The van der Waals surface area contributed by atoms with E-state index in [1.165, 1.54) is 5.56 Å². The summed E-state index contributed by atoms with van der Waals surface area (Å²) in [4.78, 5) is 0. The highest BCUT2D eigenvalue weighted by Gasteiger charge is 1.89. The minimum absolute atomic E-state index is 0. The largest absolute Gasteiger partial charge is 0.508 e. The summed E-state index contributed by atoms with van der Waals surface area (Å²) in [6.45, 7) is 0.658. The molecule has 0 unspecified atom stereocenters. The van der Waals surface area contributed by atoms with Crippen LogP contribution in [-0.4, -0.2) is 11.7 Å². The molecule has 11 heavy (non-hydrogen) atoms. The van der Waals surface area contributed by atoms with Gasteiger partial charge in [-0.1, -0.05) is 19.6 Å². The molecule has 0 aliphatic carbocycles. The van der Waals surface area contributed by atoms with Gasteiger partial charge in [0.1, 0.15) is 5.75 Å². The van der Waals surface area contributed by atoms with Gasteiger partial charge in [-0.25, -0.2) is 0 Å². The van der Waals surface area contributed by atoms with Crippen LogP contribution in [0.4, 0.5) is 0 Å². The summed E-state index contributed by atoms with van der Waals surface area (Å²) in [7, 11) is 0. The zero-order valence-electron chi connectivity index (χ0n) is 5.75. The molecule has 0 heterocycles. The molecule has 0 spiro atoms. The van der Waals surface area contributed by atoms with Crippen molar-refractivity contribution in [1.82, 2.24) is 0 Å². The van der Waals surface area contributed by atoms with Crippen molar-refractivity contribution in [2.45, 2.75) is 13.8 Å². The lowest BCUT2D eigenvalue weighted by molar-refractivity contribution is 0.475. The second kappa shape index (κ2) is 4.74. The molecule has 0 aromatic heterocycles. The highest BCUT2D eigenvalue weighted by atomic mass is 16.3. The van der Waals surface area contributed by atoms with Crippen LogP contribution in [0.25, 0.3) is 0 Å². The second-order valence-electron chi connectivity index (χ2n) is 2.21. The van der Waals surface area contributed by atoms with Gasteiger partial charge in [0.05, 0.1) is 0 Å². The van der Waals surface area contributed by atoms with Crippen molar-refractivity contribution >= 4 is 0 Å². The van der Waals surface area contributed by atoms with Gasteiger partial charge in [0, 0.05) is 0 Å². The van der Waals surface area contributed by atoms with Crippen molar-refractivity contribution in [3.63, 3.8) is 0 Å². The fraction of sp³-hybridized carbons (Fsp3) is 0.333. The Morgan fingerprint density at radius 3 is 2.18 bits per heavy atom. The lowest BCUT2D eigenvalue weighted by Gasteiger charge is -1.96. The molecule has 2 heteroatoms. The number of benzene rings is 1. The van der Waals surface area contributed by atoms with Crippen molar-refractivity contribution in [2.75, 3.05) is 6.54 Å². The second-order valence-corrected chi connectivity index (χ2v) is 2.21. The van der Waals surface area contributed by atoms with Gasteiger partial charge in [0.25, 0.3) is 0 Å². The summed E-state index contributed by atoms with van der Waals surface area (Å²) in [5, 5.41) is 8.89. The molecule has 3 N–H and O–H groups in total. The minimum atomic E-state index is 0. The van der Waals surface area contributed by atoms with Crippen LogP contribution < -0.4 is 5.73 Å². The Balaban J connectivity index is 0.000001000. The Morgan fingerprint density at radius 2 is 1.73 bits per heavy atom. The molecule has 0 fully saturated rings. The van der Waals surface area contributed by atoms with Crippen LogP contribution in [0.3, 0.4) is 0 Å². The van der Waals surface area contributed by atoms with E-state index in [-0.39, 0.29) is 7.43 Å². The molecule has 2 nitrogen and oxygen atoms in total. The summed E-state index contributed by atoms with van der Waals surface area (Å²) in [5.41, 5.74) is 6.50. The number of phenols is 1. The van der Waals surface area contributed by atoms with Gasteiger partial charge in [0.15, 0.2) is 0 Å². The molecule has 62 valence electrons. The van der Waals surface area contributed by atoms with Gasteiger partial charge in [-0.15, -0.1) is 0 Å². The number of aromatic hydroxyl groups is 1. The van der Waals surface area contributed by atoms with Crippen molar-refractivity contribution in [3.8, 4) is 5.75 Å². The molecular formula is C9H15NO. The Labute approximate surface area is 67.7 Å². The Bertz CT molecular complexity index is 193. The van der Waals surface area contributed by atoms with Crippen molar-refractivity contribution < 1.29 is 5.11 Å². The van der Waals surface area contributed by atoms with E-state index in [1.807, 2.05) is 12.1 Å². The Hall–Kier alpha value is -1.02. The summed E-state index contributed by atoms with van der Waals surface area (Å²) in [6.07, 6.45) is 0.875. The van der Waals surface area contributed by atoms with Crippen molar-refractivity contribution in [1.29, 1.82) is 0 Å². The van der Waals surface area contributed by atoms with E-state index < -0.39 is 0 Å². The predicted molar refractivity (Wildman–Crippen MR) is 47.6 cm³/mol. The predicted octanol–water partition coefficient (Wildman–Crippen LogP) is 1.53. The SMILES string of the molecule is C.NCCc1ccc(O)cc1. The minimum Gasteiger partial charge on any atom is -0.508 e. The van der Waals surface area contributed by atoms with Crippen LogP contribution in [0, 0.1) is 0 Å². The quantitative estimate of drug-likeness (QED) is 0.676. The molecule has 0 radical (unpaired) electrons. The maximum Gasteiger partial charge on any atom is 0.115 e. The first-order chi connectivity index (χ1) is 4.83. The third-order valence-electron chi connectivity index (χ3n) is 1.37. The van der Waals surface area contributed by atoms with Gasteiger partial charge in [0.2, 0.25) is 0 Å². The number of hydrogen-bond donors (Lipinski definition) is 2. The molecule has 0 amide bonds. The summed E-state index contributed by atoms with van der Waals surface area (Å²) >= 11 is 0. The first-order valence-corrected chi connectivity index (χ1v) is 3.31. The first-order valence-electron chi connectivity index (χ1n) is 3.31. The van der Waals surface area contributed by atoms with Crippen LogP contribution >= 0.6 is 0 Å². The molecule has 1 aromatic carbocycles. The van der Waals surface area contributed by atoms with E-state index in [1.54, 1.807) is 12.1 Å². The number of rotatable bonds is 2. The average molecular weight is 153 g/mol. The fourth-order valence-electron chi connectivity index (χ4n) is 0.829. The lowest BCUT2D eigenvalue weighted by atomic mass is 10.1. The third-order valence-corrected chi connectivity index (χ3v) is 1.37. The standard InChI is InChI=1S/C8H11NO.CH4/c9-6-5-7-1-3-8(10)4-2-7;/h1-4,10H,5-6,9H2;1H4. The van der Waals surface area contributed by atoms with Gasteiger partial charge in [-0.3, -0.25) is 0 Å². The maximum absolute atomic E-state index is 8.89. The molecule has 0 saturated carbocycles. The van der Waals surface area contributed by atoms with Gasteiger partial charge in [-0.2, -0.15) is 0 Å². The van der Waals surface area contributed by atoms with E-state index in [4.69, 9.17) is 10.8 Å². The molecule has 0 aliphatic rings. The highest BCUT2D eigenvalue weighted by molar-refractivity contribution is 5.25. The van der Waals surface area contributed by atoms with Crippen molar-refractivity contribution in [2.24, 2.45) is 5.73 Å². The zero-order valence-corrected chi connectivity index (χ0v) is 5.75. The Morgan fingerprint density at radius 1 is 1.18 bits per heavy atom. The smallest absolute Gasteiger partial charge is 0.115 e. The molecule has 1 rings (SSSR count). The van der Waals surface area contributed by atoms with E-state index in [2.05, 4.69) is 0 Å². The molecule has 0 atom stereocenters.